The summed E-state index contributed by atoms with van der Waals surface area (Å²) >= 11 is 2.97. The Labute approximate surface area is 189 Å². The van der Waals surface area contributed by atoms with Gasteiger partial charge in [0.1, 0.15) is 16.1 Å². The molecule has 0 aliphatic carbocycles. The van der Waals surface area contributed by atoms with Gasteiger partial charge < -0.3 is 15.7 Å². The van der Waals surface area contributed by atoms with E-state index >= 15 is 0 Å². The van der Waals surface area contributed by atoms with Crippen molar-refractivity contribution < 1.29 is 14.7 Å². The van der Waals surface area contributed by atoms with Gasteiger partial charge in [-0.05, 0) is 43.7 Å². The first-order chi connectivity index (χ1) is 15.1. The van der Waals surface area contributed by atoms with E-state index < -0.39 is 12.0 Å². The monoisotopic (exact) mass is 465 g/mol. The summed E-state index contributed by atoms with van der Waals surface area (Å²) in [5, 5.41) is 20.5. The van der Waals surface area contributed by atoms with Crippen LogP contribution in [0.25, 0.3) is 0 Å². The van der Waals surface area contributed by atoms with E-state index in [1.54, 1.807) is 24.3 Å². The smallest absolute Gasteiger partial charge is 0.352 e. The molecule has 0 radical (unpaired) electrons. The zero-order valence-corrected chi connectivity index (χ0v) is 18.8. The van der Waals surface area contributed by atoms with Crippen LogP contribution in [0.4, 0.5) is 0 Å². The van der Waals surface area contributed by atoms with Crippen molar-refractivity contribution >= 4 is 41.7 Å². The highest BCUT2D eigenvalue weighted by molar-refractivity contribution is 8.01. The number of aromatic nitrogens is 3. The third kappa shape index (κ3) is 4.90. The molecule has 0 bridgehead atoms. The molecule has 4 N–H and O–H groups in total. The lowest BCUT2D eigenvalue weighted by Crippen LogP contribution is -2.64. The van der Waals surface area contributed by atoms with Gasteiger partial charge in [-0.2, -0.15) is 10.3 Å². The number of carboxylic acid groups (broad SMARTS) is 1. The molecule has 168 valence electrons. The standard InChI is InChI=1S/C19H27N7O3S2/c20-5-1-2-12-3-6-25(7-4-12)11-21-15-17(27)26-16(19(28)29)13(10-31-18(15)26)9-30-14-8-22-24-23-14/h8,11-12,15,18H,1-7,9-10,20H2,(H,28,29)(H,22,23,24)/t15?,18-/m0/s1. The first kappa shape index (κ1) is 22.2. The van der Waals surface area contributed by atoms with E-state index in [-0.39, 0.29) is 17.0 Å². The number of aromatic amines is 1. The number of fused-ring (bicyclic) bond motifs is 1. The van der Waals surface area contributed by atoms with E-state index in [0.717, 1.165) is 50.4 Å². The number of H-pyrrole nitrogens is 1. The molecule has 4 heterocycles. The third-order valence-corrected chi connectivity index (χ3v) is 8.18. The van der Waals surface area contributed by atoms with Crippen LogP contribution in [-0.2, 0) is 9.59 Å². The van der Waals surface area contributed by atoms with Crippen LogP contribution in [0.3, 0.4) is 0 Å². The number of nitrogens with two attached hydrogens (primary N) is 1. The number of amides is 1. The van der Waals surface area contributed by atoms with E-state index in [0.29, 0.717) is 16.5 Å². The predicted molar refractivity (Wildman–Crippen MR) is 120 cm³/mol. The van der Waals surface area contributed by atoms with Gasteiger partial charge in [0.25, 0.3) is 5.91 Å². The number of likely N-dealkylation sites (tertiary alicyclic amines) is 1. The average molecular weight is 466 g/mol. The molecule has 0 saturated carbocycles. The molecule has 1 amide bonds. The molecule has 1 aromatic heterocycles. The first-order valence-corrected chi connectivity index (χ1v) is 12.5. The Balaban J connectivity index is 1.35. The van der Waals surface area contributed by atoms with Crippen LogP contribution in [0.2, 0.25) is 0 Å². The molecule has 0 aromatic carbocycles. The normalized spacial score (nSPS) is 24.6. The van der Waals surface area contributed by atoms with Crippen LogP contribution in [0.15, 0.2) is 27.5 Å². The molecule has 2 saturated heterocycles. The Bertz CT molecular complexity index is 853. The Morgan fingerprint density at radius 1 is 1.45 bits per heavy atom. The number of carbonyl (C=O) groups is 2. The number of hydrogen-bond donors (Lipinski definition) is 3. The summed E-state index contributed by atoms with van der Waals surface area (Å²) in [4.78, 5) is 32.8. The second-order valence-corrected chi connectivity index (χ2v) is 9.98. The number of rotatable bonds is 9. The largest absolute Gasteiger partial charge is 0.477 e. The number of thioether (sulfide) groups is 2. The van der Waals surface area contributed by atoms with Gasteiger partial charge in [-0.15, -0.1) is 16.9 Å². The van der Waals surface area contributed by atoms with Crippen molar-refractivity contribution in [3.8, 4) is 0 Å². The fourth-order valence-electron chi connectivity index (χ4n) is 4.13. The Morgan fingerprint density at radius 2 is 2.26 bits per heavy atom. The van der Waals surface area contributed by atoms with Gasteiger partial charge in [0, 0.05) is 24.6 Å². The molecule has 31 heavy (non-hydrogen) atoms. The molecule has 2 atom stereocenters. The average Bonchev–Trinajstić information content (AvgIpc) is 3.30. The minimum absolute atomic E-state index is 0.0944. The fraction of sp³-hybridized carbons (Fsp3) is 0.632. The van der Waals surface area contributed by atoms with E-state index in [1.165, 1.54) is 23.1 Å². The topological polar surface area (TPSA) is 141 Å². The lowest BCUT2D eigenvalue weighted by molar-refractivity contribution is -0.147. The third-order valence-electron chi connectivity index (χ3n) is 5.87. The summed E-state index contributed by atoms with van der Waals surface area (Å²) in [5.74, 6) is 0.410. The number of carbonyl (C=O) groups excluding carboxylic acids is 1. The Morgan fingerprint density at radius 3 is 2.94 bits per heavy atom. The highest BCUT2D eigenvalue weighted by atomic mass is 32.2. The summed E-state index contributed by atoms with van der Waals surface area (Å²) < 4.78 is 0. The van der Waals surface area contributed by atoms with Crippen molar-refractivity contribution in [2.75, 3.05) is 31.1 Å². The Kier molecular flexibility index (Phi) is 7.18. The number of aliphatic carboxylic acids is 1. The predicted octanol–water partition coefficient (Wildman–Crippen LogP) is 0.998. The zero-order chi connectivity index (χ0) is 21.8. The van der Waals surface area contributed by atoms with Gasteiger partial charge in [-0.25, -0.2) is 4.79 Å². The highest BCUT2D eigenvalue weighted by Crippen LogP contribution is 2.42. The van der Waals surface area contributed by atoms with Crippen LogP contribution in [0.1, 0.15) is 25.7 Å². The van der Waals surface area contributed by atoms with Crippen molar-refractivity contribution in [2.24, 2.45) is 16.6 Å². The molecule has 3 aliphatic heterocycles. The number of carboxylic acids is 1. The lowest BCUT2D eigenvalue weighted by atomic mass is 9.92. The van der Waals surface area contributed by atoms with Crippen LogP contribution in [0, 0.1) is 5.92 Å². The van der Waals surface area contributed by atoms with E-state index in [4.69, 9.17) is 5.73 Å². The van der Waals surface area contributed by atoms with Crippen LogP contribution < -0.4 is 5.73 Å². The molecule has 1 unspecified atom stereocenters. The summed E-state index contributed by atoms with van der Waals surface area (Å²) in [6.45, 7) is 2.62. The number of hydrogen-bond acceptors (Lipinski definition) is 8. The van der Waals surface area contributed by atoms with Crippen LogP contribution in [-0.4, -0.2) is 91.1 Å². The van der Waals surface area contributed by atoms with E-state index in [9.17, 15) is 14.7 Å². The van der Waals surface area contributed by atoms with Gasteiger partial charge in [0.2, 0.25) is 0 Å². The maximum Gasteiger partial charge on any atom is 0.352 e. The van der Waals surface area contributed by atoms with Gasteiger partial charge in [0.15, 0.2) is 6.04 Å². The molecule has 2 fully saturated rings. The number of piperidine rings is 1. The molecular weight excluding hydrogens is 438 g/mol. The van der Waals surface area contributed by atoms with Gasteiger partial charge >= 0.3 is 5.97 Å². The number of nitrogens with one attached hydrogen (secondary N) is 1. The first-order valence-electron chi connectivity index (χ1n) is 10.4. The molecule has 10 nitrogen and oxygen atoms in total. The summed E-state index contributed by atoms with van der Waals surface area (Å²) in [5.41, 5.74) is 6.42. The van der Waals surface area contributed by atoms with Crippen molar-refractivity contribution in [2.45, 2.75) is 42.1 Å². The molecule has 12 heteroatoms. The maximum atomic E-state index is 12.8. The van der Waals surface area contributed by atoms with Gasteiger partial charge in [-0.3, -0.25) is 14.7 Å². The second-order valence-electron chi connectivity index (χ2n) is 7.88. The van der Waals surface area contributed by atoms with Gasteiger partial charge in [0.05, 0.1) is 12.5 Å². The quantitative estimate of drug-likeness (QED) is 0.211. The van der Waals surface area contributed by atoms with Crippen molar-refractivity contribution in [3.05, 3.63) is 17.5 Å². The molecule has 3 aliphatic rings. The Hall–Kier alpha value is -2.05. The summed E-state index contributed by atoms with van der Waals surface area (Å²) in [6.07, 6.45) is 7.87. The minimum atomic E-state index is -1.07. The van der Waals surface area contributed by atoms with Crippen LogP contribution in [0.5, 0.6) is 0 Å². The van der Waals surface area contributed by atoms with Crippen molar-refractivity contribution in [1.82, 2.24) is 25.2 Å². The number of nitrogens with zero attached hydrogens (tertiary/aromatic N) is 5. The second kappa shape index (κ2) is 10.0. The molecule has 1 aromatic rings. The maximum absolute atomic E-state index is 12.8. The van der Waals surface area contributed by atoms with E-state index in [2.05, 4.69) is 25.3 Å². The fourth-order valence-corrected chi connectivity index (χ4v) is 6.39. The highest BCUT2D eigenvalue weighted by Gasteiger charge is 2.53. The SMILES string of the molecule is NCCCC1CCN(C=NC2C(=O)N3C(C(=O)O)=C(CSc4cn[nH]n4)CS[C@@H]23)CC1. The van der Waals surface area contributed by atoms with Gasteiger partial charge in [-0.1, -0.05) is 11.8 Å². The molecule has 4 rings (SSSR count). The van der Waals surface area contributed by atoms with Crippen molar-refractivity contribution in [3.63, 3.8) is 0 Å². The lowest BCUT2D eigenvalue weighted by Gasteiger charge is -2.48. The number of aliphatic imine (C=N–C) groups is 1. The minimum Gasteiger partial charge on any atom is -0.477 e. The summed E-state index contributed by atoms with van der Waals surface area (Å²) in [7, 11) is 0. The molecule has 0 spiro atoms. The zero-order valence-electron chi connectivity index (χ0n) is 17.1. The number of β-lactam (4-membered cyclic amide) rings is 1. The summed E-state index contributed by atoms with van der Waals surface area (Å²) in [6, 6.07) is -0.515. The van der Waals surface area contributed by atoms with E-state index in [1.807, 2.05) is 0 Å². The van der Waals surface area contributed by atoms with Crippen LogP contribution >= 0.6 is 23.5 Å². The molecular formula is C19H27N7O3S2. The van der Waals surface area contributed by atoms with Crippen molar-refractivity contribution in [1.29, 1.82) is 0 Å².